The first kappa shape index (κ1) is 10.1. The SMILES string of the molecule is CC(C)CCOC(=O)CC=N. The van der Waals surface area contributed by atoms with Crippen LogP contribution >= 0.6 is 0 Å². The van der Waals surface area contributed by atoms with Crippen molar-refractivity contribution in [2.75, 3.05) is 6.61 Å². The van der Waals surface area contributed by atoms with Crippen molar-refractivity contribution in [1.82, 2.24) is 0 Å². The number of ether oxygens (including phenoxy) is 1. The fraction of sp³-hybridized carbons (Fsp3) is 0.750. The topological polar surface area (TPSA) is 50.2 Å². The number of esters is 1. The summed E-state index contributed by atoms with van der Waals surface area (Å²) in [4.78, 5) is 10.7. The summed E-state index contributed by atoms with van der Waals surface area (Å²) in [7, 11) is 0. The zero-order valence-electron chi connectivity index (χ0n) is 7.09. The van der Waals surface area contributed by atoms with Crippen LogP contribution in [0.15, 0.2) is 0 Å². The van der Waals surface area contributed by atoms with E-state index in [0.717, 1.165) is 12.6 Å². The van der Waals surface area contributed by atoms with Crippen LogP contribution in [0.2, 0.25) is 0 Å². The normalized spacial score (nSPS) is 9.73. The maximum Gasteiger partial charge on any atom is 0.311 e. The molecule has 0 aliphatic rings. The van der Waals surface area contributed by atoms with Gasteiger partial charge in [-0.15, -0.1) is 0 Å². The molecule has 0 rings (SSSR count). The van der Waals surface area contributed by atoms with Crippen LogP contribution < -0.4 is 0 Å². The summed E-state index contributed by atoms with van der Waals surface area (Å²) in [6.07, 6.45) is 2.04. The molecule has 3 heteroatoms. The predicted octanol–water partition coefficient (Wildman–Crippen LogP) is 1.62. The molecule has 0 radical (unpaired) electrons. The summed E-state index contributed by atoms with van der Waals surface area (Å²) in [5, 5.41) is 6.63. The first-order valence-electron chi connectivity index (χ1n) is 3.81. The Labute approximate surface area is 67.3 Å². The Morgan fingerprint density at radius 1 is 1.64 bits per heavy atom. The van der Waals surface area contributed by atoms with Gasteiger partial charge >= 0.3 is 5.97 Å². The summed E-state index contributed by atoms with van der Waals surface area (Å²) < 4.78 is 4.80. The highest BCUT2D eigenvalue weighted by Gasteiger charge is 2.00. The molecule has 0 bridgehead atoms. The van der Waals surface area contributed by atoms with Crippen molar-refractivity contribution in [3.63, 3.8) is 0 Å². The van der Waals surface area contributed by atoms with E-state index < -0.39 is 0 Å². The number of nitrogens with one attached hydrogen (secondary N) is 1. The number of hydrogen-bond acceptors (Lipinski definition) is 3. The molecule has 0 saturated heterocycles. The Kier molecular flexibility index (Phi) is 5.43. The van der Waals surface area contributed by atoms with Crippen molar-refractivity contribution in [3.05, 3.63) is 0 Å². The lowest BCUT2D eigenvalue weighted by molar-refractivity contribution is -0.142. The lowest BCUT2D eigenvalue weighted by Gasteiger charge is -2.04. The molecule has 0 spiro atoms. The van der Waals surface area contributed by atoms with Gasteiger partial charge in [-0.1, -0.05) is 13.8 Å². The molecule has 3 nitrogen and oxygen atoms in total. The summed E-state index contributed by atoms with van der Waals surface area (Å²) >= 11 is 0. The van der Waals surface area contributed by atoms with Gasteiger partial charge in [0.2, 0.25) is 0 Å². The standard InChI is InChI=1S/C8H15NO2/c1-7(2)4-6-11-8(10)3-5-9/h5,7,9H,3-4,6H2,1-2H3. The van der Waals surface area contributed by atoms with E-state index in [9.17, 15) is 4.79 Å². The van der Waals surface area contributed by atoms with Gasteiger partial charge in [0.15, 0.2) is 0 Å². The Morgan fingerprint density at radius 2 is 2.27 bits per heavy atom. The lowest BCUT2D eigenvalue weighted by atomic mass is 10.1. The van der Waals surface area contributed by atoms with Crippen molar-refractivity contribution in [1.29, 1.82) is 5.41 Å². The molecule has 0 aliphatic heterocycles. The quantitative estimate of drug-likeness (QED) is 0.487. The molecule has 0 fully saturated rings. The summed E-state index contributed by atoms with van der Waals surface area (Å²) in [6, 6.07) is 0. The van der Waals surface area contributed by atoms with Crippen LogP contribution in [0.4, 0.5) is 0 Å². The van der Waals surface area contributed by atoms with Crippen LogP contribution in [0.5, 0.6) is 0 Å². The van der Waals surface area contributed by atoms with Gasteiger partial charge in [0, 0.05) is 6.21 Å². The highest BCUT2D eigenvalue weighted by atomic mass is 16.5. The molecule has 0 aromatic rings. The molecule has 11 heavy (non-hydrogen) atoms. The number of carbonyl (C=O) groups is 1. The zero-order chi connectivity index (χ0) is 8.69. The molecule has 64 valence electrons. The molecule has 0 amide bonds. The van der Waals surface area contributed by atoms with E-state index in [1.165, 1.54) is 0 Å². The second-order valence-corrected chi connectivity index (χ2v) is 2.81. The van der Waals surface area contributed by atoms with Gasteiger partial charge < -0.3 is 10.1 Å². The number of hydrogen-bond donors (Lipinski definition) is 1. The summed E-state index contributed by atoms with van der Waals surface area (Å²) in [6.45, 7) is 4.62. The lowest BCUT2D eigenvalue weighted by Crippen LogP contribution is -2.07. The van der Waals surface area contributed by atoms with E-state index in [1.807, 2.05) is 0 Å². The molecule has 0 aromatic heterocycles. The second kappa shape index (κ2) is 5.89. The van der Waals surface area contributed by atoms with Crippen molar-refractivity contribution in [3.8, 4) is 0 Å². The van der Waals surface area contributed by atoms with E-state index in [-0.39, 0.29) is 12.4 Å². The third-order valence-corrected chi connectivity index (χ3v) is 1.23. The monoisotopic (exact) mass is 157 g/mol. The molecular weight excluding hydrogens is 142 g/mol. The van der Waals surface area contributed by atoms with Gasteiger partial charge in [-0.2, -0.15) is 0 Å². The highest BCUT2D eigenvalue weighted by molar-refractivity contribution is 5.84. The van der Waals surface area contributed by atoms with Crippen molar-refractivity contribution in [2.24, 2.45) is 5.92 Å². The molecule has 0 heterocycles. The summed E-state index contributed by atoms with van der Waals surface area (Å²) in [5.74, 6) is 0.253. The third kappa shape index (κ3) is 7.03. The van der Waals surface area contributed by atoms with Gasteiger partial charge in [-0.05, 0) is 12.3 Å². The molecule has 0 unspecified atom stereocenters. The van der Waals surface area contributed by atoms with Gasteiger partial charge in [0.25, 0.3) is 0 Å². The summed E-state index contributed by atoms with van der Waals surface area (Å²) in [5.41, 5.74) is 0. The van der Waals surface area contributed by atoms with Gasteiger partial charge in [0.1, 0.15) is 0 Å². The fourth-order valence-corrected chi connectivity index (χ4v) is 0.551. The van der Waals surface area contributed by atoms with E-state index >= 15 is 0 Å². The first-order chi connectivity index (χ1) is 5.16. The minimum Gasteiger partial charge on any atom is -0.465 e. The van der Waals surface area contributed by atoms with E-state index in [1.54, 1.807) is 0 Å². The first-order valence-corrected chi connectivity index (χ1v) is 3.81. The van der Waals surface area contributed by atoms with E-state index in [0.29, 0.717) is 12.5 Å². The fourth-order valence-electron chi connectivity index (χ4n) is 0.551. The maximum atomic E-state index is 10.7. The van der Waals surface area contributed by atoms with Crippen LogP contribution in [0.25, 0.3) is 0 Å². The van der Waals surface area contributed by atoms with Crippen LogP contribution in [0.3, 0.4) is 0 Å². The van der Waals surface area contributed by atoms with Crippen molar-refractivity contribution >= 4 is 12.2 Å². The molecule has 0 aliphatic carbocycles. The minimum atomic E-state index is -0.305. The highest BCUT2D eigenvalue weighted by Crippen LogP contribution is 1.99. The number of rotatable bonds is 5. The Balaban J connectivity index is 3.24. The Bertz CT molecular complexity index is 132. The Hall–Kier alpha value is -0.860. The largest absolute Gasteiger partial charge is 0.465 e. The molecule has 0 atom stereocenters. The van der Waals surface area contributed by atoms with Gasteiger partial charge in [-0.25, -0.2) is 0 Å². The van der Waals surface area contributed by atoms with E-state index in [2.05, 4.69) is 13.8 Å². The average molecular weight is 157 g/mol. The third-order valence-electron chi connectivity index (χ3n) is 1.23. The van der Waals surface area contributed by atoms with E-state index in [4.69, 9.17) is 10.1 Å². The maximum absolute atomic E-state index is 10.7. The molecule has 1 N–H and O–H groups in total. The van der Waals surface area contributed by atoms with Gasteiger partial charge in [-0.3, -0.25) is 4.79 Å². The van der Waals surface area contributed by atoms with Crippen LogP contribution in [-0.2, 0) is 9.53 Å². The van der Waals surface area contributed by atoms with Crippen LogP contribution in [0, 0.1) is 11.3 Å². The Morgan fingerprint density at radius 3 is 2.73 bits per heavy atom. The zero-order valence-corrected chi connectivity index (χ0v) is 7.09. The number of carbonyl (C=O) groups excluding carboxylic acids is 1. The van der Waals surface area contributed by atoms with Crippen LogP contribution in [-0.4, -0.2) is 18.8 Å². The molecule has 0 saturated carbocycles. The minimum absolute atomic E-state index is 0.0953. The molecular formula is C8H15NO2. The predicted molar refractivity (Wildman–Crippen MR) is 43.8 cm³/mol. The van der Waals surface area contributed by atoms with Crippen molar-refractivity contribution in [2.45, 2.75) is 26.7 Å². The van der Waals surface area contributed by atoms with Gasteiger partial charge in [0.05, 0.1) is 13.0 Å². The second-order valence-electron chi connectivity index (χ2n) is 2.81. The van der Waals surface area contributed by atoms with Crippen LogP contribution in [0.1, 0.15) is 26.7 Å². The smallest absolute Gasteiger partial charge is 0.311 e. The van der Waals surface area contributed by atoms with Crippen molar-refractivity contribution < 1.29 is 9.53 Å². The molecule has 0 aromatic carbocycles. The average Bonchev–Trinajstić information content (AvgIpc) is 1.87.